The van der Waals surface area contributed by atoms with Crippen LogP contribution in [0.1, 0.15) is 34.8 Å². The molecule has 5 heteroatoms. The molecule has 0 unspecified atom stereocenters. The molecule has 17 heavy (non-hydrogen) atoms. The molecule has 0 aliphatic carbocycles. The lowest BCUT2D eigenvalue weighted by molar-refractivity contribution is 0.667. The van der Waals surface area contributed by atoms with E-state index in [9.17, 15) is 0 Å². The van der Waals surface area contributed by atoms with Gasteiger partial charge in [0.05, 0.1) is 16.4 Å². The van der Waals surface area contributed by atoms with Crippen molar-refractivity contribution in [1.82, 2.24) is 20.3 Å². The Bertz CT molecular complexity index is 486. The summed E-state index contributed by atoms with van der Waals surface area (Å²) in [5.41, 5.74) is 3.37. The lowest BCUT2D eigenvalue weighted by Crippen LogP contribution is -2.14. The number of aromatic nitrogens is 3. The van der Waals surface area contributed by atoms with Crippen LogP contribution in [-0.2, 0) is 19.5 Å². The van der Waals surface area contributed by atoms with Crippen LogP contribution in [0.5, 0.6) is 0 Å². The zero-order valence-corrected chi connectivity index (χ0v) is 11.3. The highest BCUT2D eigenvalue weighted by Crippen LogP contribution is 2.08. The van der Waals surface area contributed by atoms with Gasteiger partial charge in [0.15, 0.2) is 0 Å². The van der Waals surface area contributed by atoms with Gasteiger partial charge in [0.25, 0.3) is 0 Å². The van der Waals surface area contributed by atoms with Gasteiger partial charge in [-0.05, 0) is 13.8 Å². The van der Waals surface area contributed by atoms with Gasteiger partial charge in [-0.25, -0.2) is 9.97 Å². The third kappa shape index (κ3) is 3.14. The molecule has 0 amide bonds. The van der Waals surface area contributed by atoms with Crippen molar-refractivity contribution >= 4 is 11.3 Å². The van der Waals surface area contributed by atoms with Crippen LogP contribution in [0.15, 0.2) is 5.38 Å². The molecule has 0 saturated heterocycles. The number of nitrogens with zero attached hydrogens (tertiary/aromatic N) is 2. The molecule has 2 N–H and O–H groups in total. The molecule has 2 aromatic heterocycles. The van der Waals surface area contributed by atoms with E-state index < -0.39 is 0 Å². The fourth-order valence-corrected chi connectivity index (χ4v) is 2.31. The maximum atomic E-state index is 4.53. The maximum Gasteiger partial charge on any atom is 0.106 e. The summed E-state index contributed by atoms with van der Waals surface area (Å²) in [5.74, 6) is 1.06. The Hall–Kier alpha value is -1.20. The van der Waals surface area contributed by atoms with Gasteiger partial charge >= 0.3 is 0 Å². The summed E-state index contributed by atoms with van der Waals surface area (Å²) in [6.45, 7) is 7.79. The van der Waals surface area contributed by atoms with Crippen LogP contribution in [0.2, 0.25) is 0 Å². The summed E-state index contributed by atoms with van der Waals surface area (Å²) < 4.78 is 0. The summed E-state index contributed by atoms with van der Waals surface area (Å²) >= 11 is 1.69. The van der Waals surface area contributed by atoms with E-state index in [1.807, 2.05) is 6.92 Å². The second-order valence-corrected chi connectivity index (χ2v) is 5.13. The standard InChI is InChI=1S/C12H18N4S/c1-4-12-14-8(2)11(16-12)6-13-5-10-7-17-9(3)15-10/h7,13H,4-6H2,1-3H3,(H,14,16). The van der Waals surface area contributed by atoms with E-state index >= 15 is 0 Å². The molecule has 0 aromatic carbocycles. The van der Waals surface area contributed by atoms with Gasteiger partial charge in [-0.1, -0.05) is 6.92 Å². The Kier molecular flexibility index (Phi) is 3.91. The lowest BCUT2D eigenvalue weighted by Gasteiger charge is -2.00. The average molecular weight is 250 g/mol. The lowest BCUT2D eigenvalue weighted by atomic mass is 10.3. The monoisotopic (exact) mass is 250 g/mol. The molecule has 92 valence electrons. The molecule has 0 atom stereocenters. The zero-order chi connectivity index (χ0) is 12.3. The van der Waals surface area contributed by atoms with Gasteiger partial charge in [0.2, 0.25) is 0 Å². The van der Waals surface area contributed by atoms with Crippen molar-refractivity contribution < 1.29 is 0 Å². The number of rotatable bonds is 5. The Labute approximate surface area is 106 Å². The fourth-order valence-electron chi connectivity index (χ4n) is 1.70. The van der Waals surface area contributed by atoms with E-state index in [0.29, 0.717) is 0 Å². The normalized spacial score (nSPS) is 11.0. The van der Waals surface area contributed by atoms with Crippen molar-refractivity contribution in [3.05, 3.63) is 33.3 Å². The minimum Gasteiger partial charge on any atom is -0.346 e. The molecule has 4 nitrogen and oxygen atoms in total. The summed E-state index contributed by atoms with van der Waals surface area (Å²) in [6.07, 6.45) is 0.951. The molecule has 0 aliphatic heterocycles. The molecular weight excluding hydrogens is 232 g/mol. The molecule has 0 radical (unpaired) electrons. The van der Waals surface area contributed by atoms with Crippen LogP contribution in [0, 0.1) is 13.8 Å². The van der Waals surface area contributed by atoms with Gasteiger partial charge in [-0.2, -0.15) is 0 Å². The largest absolute Gasteiger partial charge is 0.346 e. The number of aryl methyl sites for hydroxylation is 3. The first-order valence-electron chi connectivity index (χ1n) is 5.85. The van der Waals surface area contributed by atoms with Crippen LogP contribution < -0.4 is 5.32 Å². The van der Waals surface area contributed by atoms with E-state index in [2.05, 4.69) is 39.5 Å². The van der Waals surface area contributed by atoms with Crippen molar-refractivity contribution in [1.29, 1.82) is 0 Å². The summed E-state index contributed by atoms with van der Waals surface area (Å²) in [5, 5.41) is 6.58. The van der Waals surface area contributed by atoms with Crippen molar-refractivity contribution in [2.24, 2.45) is 0 Å². The highest BCUT2D eigenvalue weighted by atomic mass is 32.1. The quantitative estimate of drug-likeness (QED) is 0.856. The number of hydrogen-bond donors (Lipinski definition) is 2. The molecule has 2 heterocycles. The Morgan fingerprint density at radius 3 is 2.71 bits per heavy atom. The second-order valence-electron chi connectivity index (χ2n) is 4.07. The van der Waals surface area contributed by atoms with Crippen LogP contribution in [0.25, 0.3) is 0 Å². The smallest absolute Gasteiger partial charge is 0.106 e. The topological polar surface area (TPSA) is 53.6 Å². The average Bonchev–Trinajstić information content (AvgIpc) is 2.86. The van der Waals surface area contributed by atoms with Crippen LogP contribution in [-0.4, -0.2) is 15.0 Å². The first-order chi connectivity index (χ1) is 8.19. The first kappa shape index (κ1) is 12.3. The van der Waals surface area contributed by atoms with E-state index in [1.54, 1.807) is 11.3 Å². The van der Waals surface area contributed by atoms with Crippen LogP contribution >= 0.6 is 11.3 Å². The SMILES string of the molecule is CCc1nc(CNCc2csc(C)n2)c(C)[nH]1. The molecular formula is C12H18N4S. The first-order valence-corrected chi connectivity index (χ1v) is 6.73. The number of thiazole rings is 1. The Morgan fingerprint density at radius 1 is 1.29 bits per heavy atom. The third-order valence-electron chi connectivity index (χ3n) is 2.63. The van der Waals surface area contributed by atoms with Crippen molar-refractivity contribution in [2.45, 2.75) is 40.3 Å². The van der Waals surface area contributed by atoms with E-state index in [-0.39, 0.29) is 0 Å². The molecule has 2 aromatic rings. The Morgan fingerprint density at radius 2 is 2.12 bits per heavy atom. The fraction of sp³-hybridized carbons (Fsp3) is 0.500. The van der Waals surface area contributed by atoms with Gasteiger partial charge in [0.1, 0.15) is 5.82 Å². The summed E-state index contributed by atoms with van der Waals surface area (Å²) in [4.78, 5) is 12.2. The van der Waals surface area contributed by atoms with E-state index in [1.165, 1.54) is 0 Å². The second kappa shape index (κ2) is 5.42. The minimum atomic E-state index is 0.791. The van der Waals surface area contributed by atoms with Crippen LogP contribution in [0.3, 0.4) is 0 Å². The van der Waals surface area contributed by atoms with Gasteiger partial charge in [-0.3, -0.25) is 0 Å². The van der Waals surface area contributed by atoms with E-state index in [0.717, 1.165) is 47.4 Å². The predicted molar refractivity (Wildman–Crippen MR) is 70.1 cm³/mol. The molecule has 2 rings (SSSR count). The highest BCUT2D eigenvalue weighted by Gasteiger charge is 2.05. The number of H-pyrrole nitrogens is 1. The molecule has 0 saturated carbocycles. The van der Waals surface area contributed by atoms with Crippen molar-refractivity contribution in [3.63, 3.8) is 0 Å². The highest BCUT2D eigenvalue weighted by molar-refractivity contribution is 7.09. The summed E-state index contributed by atoms with van der Waals surface area (Å²) in [7, 11) is 0. The summed E-state index contributed by atoms with van der Waals surface area (Å²) in [6, 6.07) is 0. The molecule has 0 aliphatic rings. The van der Waals surface area contributed by atoms with Crippen molar-refractivity contribution in [2.75, 3.05) is 0 Å². The van der Waals surface area contributed by atoms with Gasteiger partial charge < -0.3 is 10.3 Å². The van der Waals surface area contributed by atoms with Gasteiger partial charge in [0, 0.05) is 30.6 Å². The predicted octanol–water partition coefficient (Wildman–Crippen LogP) is 2.34. The third-order valence-corrected chi connectivity index (χ3v) is 3.46. The van der Waals surface area contributed by atoms with Crippen molar-refractivity contribution in [3.8, 4) is 0 Å². The van der Waals surface area contributed by atoms with Gasteiger partial charge in [-0.15, -0.1) is 11.3 Å². The number of nitrogens with one attached hydrogen (secondary N) is 2. The minimum absolute atomic E-state index is 0.791. The van der Waals surface area contributed by atoms with Crippen LogP contribution in [0.4, 0.5) is 0 Å². The Balaban J connectivity index is 1.87. The molecule has 0 bridgehead atoms. The zero-order valence-electron chi connectivity index (χ0n) is 10.5. The number of hydrogen-bond acceptors (Lipinski definition) is 4. The maximum absolute atomic E-state index is 4.53. The molecule has 0 fully saturated rings. The number of imidazole rings is 1. The van der Waals surface area contributed by atoms with E-state index in [4.69, 9.17) is 0 Å². The molecule has 0 spiro atoms. The number of aromatic amines is 1.